The number of rotatable bonds is 1. The van der Waals surface area contributed by atoms with E-state index in [1.54, 1.807) is 0 Å². The van der Waals surface area contributed by atoms with Gasteiger partial charge in [0.15, 0.2) is 0 Å². The van der Waals surface area contributed by atoms with Crippen molar-refractivity contribution in [3.63, 3.8) is 0 Å². The van der Waals surface area contributed by atoms with E-state index in [0.717, 1.165) is 38.9 Å². The Kier molecular flexibility index (Phi) is 2.86. The highest BCUT2D eigenvalue weighted by Gasteiger charge is 2.36. The number of Topliss-reactive ketones (excluding diaryl/α,β-unsaturated/α-hetero) is 1. The maximum atomic E-state index is 11.3. The number of piperazine rings is 1. The third-order valence-corrected chi connectivity index (χ3v) is 4.08. The Morgan fingerprint density at radius 2 is 2.07 bits per heavy atom. The normalized spacial score (nSPS) is 33.5. The number of carbonyl (C=O) groups is 1. The van der Waals surface area contributed by atoms with E-state index in [0.29, 0.717) is 11.8 Å². The SMILES string of the molecule is CN1CCN(C2CCC(=O)C2)CC1(C)C. The molecule has 15 heavy (non-hydrogen) atoms. The lowest BCUT2D eigenvalue weighted by molar-refractivity contribution is -0.117. The van der Waals surface area contributed by atoms with Crippen LogP contribution in [0.4, 0.5) is 0 Å². The lowest BCUT2D eigenvalue weighted by Gasteiger charge is -2.47. The molecule has 1 atom stereocenters. The average Bonchev–Trinajstić information content (AvgIpc) is 2.57. The third kappa shape index (κ3) is 2.23. The van der Waals surface area contributed by atoms with Crippen molar-refractivity contribution >= 4 is 5.78 Å². The topological polar surface area (TPSA) is 23.6 Å². The Bertz CT molecular complexity index is 262. The van der Waals surface area contributed by atoms with Crippen LogP contribution in [0.1, 0.15) is 33.1 Å². The second kappa shape index (κ2) is 3.87. The molecule has 2 fully saturated rings. The predicted molar refractivity (Wildman–Crippen MR) is 60.9 cm³/mol. The van der Waals surface area contributed by atoms with E-state index in [4.69, 9.17) is 0 Å². The molecule has 3 nitrogen and oxygen atoms in total. The molecule has 1 saturated carbocycles. The van der Waals surface area contributed by atoms with Crippen molar-refractivity contribution in [2.75, 3.05) is 26.7 Å². The van der Waals surface area contributed by atoms with Crippen LogP contribution >= 0.6 is 0 Å². The summed E-state index contributed by atoms with van der Waals surface area (Å²) in [4.78, 5) is 16.2. The van der Waals surface area contributed by atoms with Gasteiger partial charge in [-0.2, -0.15) is 0 Å². The zero-order valence-corrected chi connectivity index (χ0v) is 10.1. The lowest BCUT2D eigenvalue weighted by atomic mass is 9.98. The molecule has 1 aliphatic carbocycles. The molecule has 2 aliphatic rings. The molecule has 0 amide bonds. The Hall–Kier alpha value is -0.410. The number of ketones is 1. The molecule has 86 valence electrons. The molecular formula is C12H22N2O. The fourth-order valence-electron chi connectivity index (χ4n) is 2.70. The van der Waals surface area contributed by atoms with Crippen molar-refractivity contribution in [3.05, 3.63) is 0 Å². The molecule has 2 rings (SSSR count). The highest BCUT2D eigenvalue weighted by Crippen LogP contribution is 2.26. The smallest absolute Gasteiger partial charge is 0.134 e. The molecular weight excluding hydrogens is 188 g/mol. The molecule has 0 N–H and O–H groups in total. The van der Waals surface area contributed by atoms with Gasteiger partial charge in [-0.25, -0.2) is 0 Å². The second-order valence-corrected chi connectivity index (χ2v) is 5.64. The molecule has 3 heteroatoms. The van der Waals surface area contributed by atoms with E-state index in [1.807, 2.05) is 0 Å². The molecule has 0 aromatic rings. The van der Waals surface area contributed by atoms with Crippen molar-refractivity contribution in [2.45, 2.75) is 44.7 Å². The van der Waals surface area contributed by atoms with Gasteiger partial charge in [0.1, 0.15) is 5.78 Å². The van der Waals surface area contributed by atoms with Crippen LogP contribution in [0, 0.1) is 0 Å². The number of carbonyl (C=O) groups excluding carboxylic acids is 1. The van der Waals surface area contributed by atoms with Crippen molar-refractivity contribution in [1.82, 2.24) is 9.80 Å². The van der Waals surface area contributed by atoms with Crippen LogP contribution in [-0.4, -0.2) is 53.8 Å². The van der Waals surface area contributed by atoms with E-state index in [1.165, 1.54) is 0 Å². The van der Waals surface area contributed by atoms with Gasteiger partial charge in [-0.1, -0.05) is 0 Å². The van der Waals surface area contributed by atoms with Crippen molar-refractivity contribution < 1.29 is 4.79 Å². The summed E-state index contributed by atoms with van der Waals surface area (Å²) in [6, 6.07) is 0.533. The maximum absolute atomic E-state index is 11.3. The summed E-state index contributed by atoms with van der Waals surface area (Å²) in [5.74, 6) is 0.455. The molecule has 0 bridgehead atoms. The van der Waals surface area contributed by atoms with E-state index in [2.05, 4.69) is 30.7 Å². The van der Waals surface area contributed by atoms with Crippen LogP contribution in [0.25, 0.3) is 0 Å². The Labute approximate surface area is 92.4 Å². The molecule has 1 saturated heterocycles. The summed E-state index contributed by atoms with van der Waals surface area (Å²) < 4.78 is 0. The first-order chi connectivity index (χ1) is 6.99. The molecule has 0 aromatic heterocycles. The van der Waals surface area contributed by atoms with Crippen molar-refractivity contribution in [3.8, 4) is 0 Å². The molecule has 0 aromatic carbocycles. The van der Waals surface area contributed by atoms with Crippen molar-refractivity contribution in [1.29, 1.82) is 0 Å². The average molecular weight is 210 g/mol. The summed E-state index contributed by atoms with van der Waals surface area (Å²) in [5, 5.41) is 0. The first kappa shape index (κ1) is 11.1. The predicted octanol–water partition coefficient (Wildman–Crippen LogP) is 1.13. The van der Waals surface area contributed by atoms with Gasteiger partial charge in [0, 0.05) is 44.1 Å². The quantitative estimate of drug-likeness (QED) is 0.648. The maximum Gasteiger partial charge on any atom is 0.134 e. The largest absolute Gasteiger partial charge is 0.300 e. The van der Waals surface area contributed by atoms with Gasteiger partial charge in [0.25, 0.3) is 0 Å². The fourth-order valence-corrected chi connectivity index (χ4v) is 2.70. The number of hydrogen-bond donors (Lipinski definition) is 0. The van der Waals surface area contributed by atoms with Crippen LogP contribution < -0.4 is 0 Å². The lowest BCUT2D eigenvalue weighted by Crippen LogP contribution is -2.59. The van der Waals surface area contributed by atoms with Crippen LogP contribution in [0.15, 0.2) is 0 Å². The number of hydrogen-bond acceptors (Lipinski definition) is 3. The van der Waals surface area contributed by atoms with Gasteiger partial charge < -0.3 is 0 Å². The first-order valence-corrected chi connectivity index (χ1v) is 5.96. The number of nitrogens with zero attached hydrogens (tertiary/aromatic N) is 2. The van der Waals surface area contributed by atoms with Gasteiger partial charge in [0.05, 0.1) is 0 Å². The van der Waals surface area contributed by atoms with E-state index in [-0.39, 0.29) is 5.54 Å². The molecule has 1 heterocycles. The minimum absolute atomic E-state index is 0.254. The minimum atomic E-state index is 0.254. The molecule has 0 spiro atoms. The van der Waals surface area contributed by atoms with Crippen LogP contribution in [0.5, 0.6) is 0 Å². The van der Waals surface area contributed by atoms with E-state index < -0.39 is 0 Å². The van der Waals surface area contributed by atoms with Gasteiger partial charge in [0.2, 0.25) is 0 Å². The van der Waals surface area contributed by atoms with Gasteiger partial charge in [-0.15, -0.1) is 0 Å². The van der Waals surface area contributed by atoms with Gasteiger partial charge in [-0.3, -0.25) is 14.6 Å². The van der Waals surface area contributed by atoms with E-state index >= 15 is 0 Å². The standard InChI is InChI=1S/C12H22N2O/c1-12(2)9-14(7-6-13(12)3)10-4-5-11(15)8-10/h10H,4-9H2,1-3H3. The molecule has 1 unspecified atom stereocenters. The molecule has 0 radical (unpaired) electrons. The highest BCUT2D eigenvalue weighted by atomic mass is 16.1. The van der Waals surface area contributed by atoms with Gasteiger partial charge in [-0.05, 0) is 27.3 Å². The van der Waals surface area contributed by atoms with Crippen molar-refractivity contribution in [2.24, 2.45) is 0 Å². The monoisotopic (exact) mass is 210 g/mol. The van der Waals surface area contributed by atoms with Gasteiger partial charge >= 0.3 is 0 Å². The zero-order valence-electron chi connectivity index (χ0n) is 10.1. The van der Waals surface area contributed by atoms with Crippen LogP contribution in [0.2, 0.25) is 0 Å². The second-order valence-electron chi connectivity index (χ2n) is 5.64. The fraction of sp³-hybridized carbons (Fsp3) is 0.917. The summed E-state index contributed by atoms with van der Waals surface area (Å²) >= 11 is 0. The van der Waals surface area contributed by atoms with Crippen LogP contribution in [0.3, 0.4) is 0 Å². The Balaban J connectivity index is 1.97. The minimum Gasteiger partial charge on any atom is -0.300 e. The van der Waals surface area contributed by atoms with Crippen LogP contribution in [-0.2, 0) is 4.79 Å². The summed E-state index contributed by atoms with van der Waals surface area (Å²) in [6.07, 6.45) is 2.68. The first-order valence-electron chi connectivity index (χ1n) is 5.96. The highest BCUT2D eigenvalue weighted by molar-refractivity contribution is 5.81. The Morgan fingerprint density at radius 3 is 2.60 bits per heavy atom. The summed E-state index contributed by atoms with van der Waals surface area (Å²) in [6.45, 7) is 7.92. The zero-order chi connectivity index (χ0) is 11.1. The summed E-state index contributed by atoms with van der Waals surface area (Å²) in [7, 11) is 2.19. The molecule has 1 aliphatic heterocycles. The van der Waals surface area contributed by atoms with E-state index in [9.17, 15) is 4.79 Å². The number of likely N-dealkylation sites (N-methyl/N-ethyl adjacent to an activating group) is 1. The summed E-state index contributed by atoms with van der Waals surface area (Å²) in [5.41, 5.74) is 0.254. The third-order valence-electron chi connectivity index (χ3n) is 4.08. The Morgan fingerprint density at radius 1 is 1.33 bits per heavy atom.